The Hall–Kier alpha value is -3.16. The lowest BCUT2D eigenvalue weighted by Crippen LogP contribution is -2.48. The minimum atomic E-state index is -1.15. The predicted molar refractivity (Wildman–Crippen MR) is 128 cm³/mol. The lowest BCUT2D eigenvalue weighted by Gasteiger charge is -2.31. The number of ether oxygens (including phenoxy) is 2. The van der Waals surface area contributed by atoms with Crippen molar-refractivity contribution in [2.45, 2.75) is 26.0 Å². The molecule has 1 amide bonds. The molecule has 0 bridgehead atoms. The highest BCUT2D eigenvalue weighted by Crippen LogP contribution is 2.34. The molecule has 0 aliphatic rings. The number of carbonyl (C=O) groups is 1. The second-order valence-electron chi connectivity index (χ2n) is 7.65. The van der Waals surface area contributed by atoms with E-state index >= 15 is 0 Å². The van der Waals surface area contributed by atoms with Crippen molar-refractivity contribution in [3.8, 4) is 11.5 Å². The van der Waals surface area contributed by atoms with Crippen LogP contribution in [0.5, 0.6) is 11.5 Å². The van der Waals surface area contributed by atoms with E-state index in [1.54, 1.807) is 62.5 Å². The van der Waals surface area contributed by atoms with Crippen LogP contribution < -0.4 is 14.4 Å². The topological polar surface area (TPSA) is 64.5 Å². The van der Waals surface area contributed by atoms with Crippen molar-refractivity contribution in [2.75, 3.05) is 12.0 Å². The van der Waals surface area contributed by atoms with Crippen LogP contribution in [0.2, 0.25) is 5.02 Å². The smallest absolute Gasteiger partial charge is 0.272 e. The monoisotopic (exact) mass is 467 g/mol. The van der Waals surface area contributed by atoms with E-state index in [-0.39, 0.29) is 5.91 Å². The van der Waals surface area contributed by atoms with E-state index in [0.717, 1.165) is 15.8 Å². The summed E-state index contributed by atoms with van der Waals surface area (Å²) >= 11 is 7.42. The van der Waals surface area contributed by atoms with Crippen molar-refractivity contribution >= 4 is 44.2 Å². The van der Waals surface area contributed by atoms with Gasteiger partial charge in [-0.25, -0.2) is 4.98 Å². The molecule has 0 aliphatic heterocycles. The summed E-state index contributed by atoms with van der Waals surface area (Å²) in [6.07, 6.45) is 3.44. The van der Waals surface area contributed by atoms with Crippen LogP contribution in [-0.2, 0) is 11.3 Å². The number of nitrogens with zero attached hydrogens (tertiary/aromatic N) is 3. The van der Waals surface area contributed by atoms with Crippen molar-refractivity contribution in [3.63, 3.8) is 0 Å². The molecule has 6 nitrogen and oxygen atoms in total. The van der Waals surface area contributed by atoms with Crippen molar-refractivity contribution in [1.82, 2.24) is 9.97 Å². The largest absolute Gasteiger partial charge is 0.497 e. The summed E-state index contributed by atoms with van der Waals surface area (Å²) in [5.41, 5.74) is 0.510. The van der Waals surface area contributed by atoms with E-state index in [1.165, 1.54) is 11.3 Å². The van der Waals surface area contributed by atoms with Gasteiger partial charge in [-0.15, -0.1) is 0 Å². The summed E-state index contributed by atoms with van der Waals surface area (Å²) < 4.78 is 12.3. The van der Waals surface area contributed by atoms with Crippen LogP contribution in [-0.4, -0.2) is 28.6 Å². The number of benzene rings is 2. The molecule has 2 aromatic carbocycles. The van der Waals surface area contributed by atoms with Crippen LogP contribution in [0.25, 0.3) is 10.2 Å². The summed E-state index contributed by atoms with van der Waals surface area (Å²) in [5.74, 6) is 1.05. The number of amides is 1. The molecule has 2 aromatic heterocycles. The minimum absolute atomic E-state index is 0.220. The SMILES string of the molecule is COc1ccc2sc(N(Cc3cccnc3)C(=O)C(C)(C)Oc3ccc(Cl)cc3)nc2c1. The number of anilines is 1. The molecule has 0 radical (unpaired) electrons. The van der Waals surface area contributed by atoms with Crippen LogP contribution in [0.3, 0.4) is 0 Å². The third kappa shape index (κ3) is 4.84. The fourth-order valence-corrected chi connectivity index (χ4v) is 4.27. The first kappa shape index (κ1) is 22.0. The maximum absolute atomic E-state index is 13.7. The fourth-order valence-electron chi connectivity index (χ4n) is 3.20. The van der Waals surface area contributed by atoms with Crippen LogP contribution in [0.4, 0.5) is 5.13 Å². The predicted octanol–water partition coefficient (Wildman–Crippen LogP) is 5.74. The Morgan fingerprint density at radius 2 is 1.88 bits per heavy atom. The van der Waals surface area contributed by atoms with Gasteiger partial charge in [0.05, 0.1) is 23.9 Å². The molecular weight excluding hydrogens is 446 g/mol. The zero-order valence-electron chi connectivity index (χ0n) is 17.9. The first-order chi connectivity index (χ1) is 15.4. The normalized spacial score (nSPS) is 11.4. The van der Waals surface area contributed by atoms with Crippen LogP contribution in [0.1, 0.15) is 19.4 Å². The molecule has 0 aliphatic carbocycles. The van der Waals surface area contributed by atoms with Gasteiger partial charge in [0, 0.05) is 23.5 Å². The van der Waals surface area contributed by atoms with Gasteiger partial charge in [0.2, 0.25) is 0 Å². The molecule has 0 saturated carbocycles. The lowest BCUT2D eigenvalue weighted by molar-refractivity contribution is -0.131. The molecule has 4 rings (SSSR count). The zero-order chi connectivity index (χ0) is 22.7. The van der Waals surface area contributed by atoms with Crippen molar-refractivity contribution in [1.29, 1.82) is 0 Å². The standard InChI is InChI=1S/C24H22ClN3O3S/c1-24(2,31-18-8-6-17(25)7-9-18)22(29)28(15-16-5-4-12-26-14-16)23-27-20-13-19(30-3)10-11-21(20)32-23/h4-14H,15H2,1-3H3. The Kier molecular flexibility index (Phi) is 6.30. The van der Waals surface area contributed by atoms with Gasteiger partial charge in [0.25, 0.3) is 5.91 Å². The Morgan fingerprint density at radius 1 is 1.12 bits per heavy atom. The number of pyridine rings is 1. The molecule has 4 aromatic rings. The van der Waals surface area contributed by atoms with Gasteiger partial charge in [-0.05, 0) is 61.9 Å². The Bertz CT molecular complexity index is 1230. The molecule has 0 atom stereocenters. The van der Waals surface area contributed by atoms with Crippen molar-refractivity contribution in [3.05, 3.63) is 77.6 Å². The molecule has 32 heavy (non-hydrogen) atoms. The third-order valence-corrected chi connectivity index (χ3v) is 6.14. The number of methoxy groups -OCH3 is 1. The van der Waals surface area contributed by atoms with E-state index < -0.39 is 5.60 Å². The Morgan fingerprint density at radius 3 is 2.56 bits per heavy atom. The van der Waals surface area contributed by atoms with Gasteiger partial charge in [-0.3, -0.25) is 14.7 Å². The van der Waals surface area contributed by atoms with Gasteiger partial charge in [0.15, 0.2) is 10.7 Å². The van der Waals surface area contributed by atoms with E-state index in [2.05, 4.69) is 4.98 Å². The quantitative estimate of drug-likeness (QED) is 0.346. The Balaban J connectivity index is 1.69. The molecule has 0 N–H and O–H groups in total. The van der Waals surface area contributed by atoms with Crippen molar-refractivity contribution in [2.24, 2.45) is 0 Å². The van der Waals surface area contributed by atoms with E-state index in [4.69, 9.17) is 26.1 Å². The highest BCUT2D eigenvalue weighted by atomic mass is 35.5. The summed E-state index contributed by atoms with van der Waals surface area (Å²) in [6.45, 7) is 3.81. The highest BCUT2D eigenvalue weighted by Gasteiger charge is 2.36. The van der Waals surface area contributed by atoms with Gasteiger partial charge >= 0.3 is 0 Å². The van der Waals surface area contributed by atoms with Gasteiger partial charge in [-0.1, -0.05) is 29.0 Å². The number of carbonyl (C=O) groups excluding carboxylic acids is 1. The van der Waals surface area contributed by atoms with Crippen molar-refractivity contribution < 1.29 is 14.3 Å². The molecule has 0 saturated heterocycles. The summed E-state index contributed by atoms with van der Waals surface area (Å²) in [6, 6.07) is 16.4. The minimum Gasteiger partial charge on any atom is -0.497 e. The number of hydrogen-bond acceptors (Lipinski definition) is 6. The van der Waals surface area contributed by atoms with E-state index in [9.17, 15) is 4.79 Å². The number of aromatic nitrogens is 2. The van der Waals surface area contributed by atoms with Gasteiger partial charge < -0.3 is 9.47 Å². The summed E-state index contributed by atoms with van der Waals surface area (Å²) in [4.78, 5) is 24.3. The first-order valence-corrected chi connectivity index (χ1v) is 11.2. The average molecular weight is 468 g/mol. The number of halogens is 1. The summed E-state index contributed by atoms with van der Waals surface area (Å²) in [5, 5.41) is 1.18. The van der Waals surface area contributed by atoms with Crippen LogP contribution in [0.15, 0.2) is 67.0 Å². The molecule has 0 unspecified atom stereocenters. The molecule has 2 heterocycles. The lowest BCUT2D eigenvalue weighted by atomic mass is 10.1. The summed E-state index contributed by atoms with van der Waals surface area (Å²) in [7, 11) is 1.61. The maximum Gasteiger partial charge on any atom is 0.272 e. The second kappa shape index (κ2) is 9.14. The zero-order valence-corrected chi connectivity index (χ0v) is 19.5. The average Bonchev–Trinajstić information content (AvgIpc) is 3.22. The van der Waals surface area contributed by atoms with E-state index in [1.807, 2.05) is 30.3 Å². The number of thiazole rings is 1. The third-order valence-electron chi connectivity index (χ3n) is 4.82. The first-order valence-electron chi connectivity index (χ1n) is 9.96. The Labute approximate surface area is 195 Å². The van der Waals surface area contributed by atoms with E-state index in [0.29, 0.717) is 28.2 Å². The second-order valence-corrected chi connectivity index (χ2v) is 9.09. The highest BCUT2D eigenvalue weighted by molar-refractivity contribution is 7.22. The number of rotatable bonds is 7. The number of hydrogen-bond donors (Lipinski definition) is 0. The van der Waals surface area contributed by atoms with Crippen LogP contribution >= 0.6 is 22.9 Å². The maximum atomic E-state index is 13.7. The fraction of sp³-hybridized carbons (Fsp3) is 0.208. The molecule has 8 heteroatoms. The van der Waals surface area contributed by atoms with Gasteiger partial charge in [-0.2, -0.15) is 0 Å². The molecule has 0 spiro atoms. The molecule has 0 fully saturated rings. The van der Waals surface area contributed by atoms with Crippen LogP contribution in [0, 0.1) is 0 Å². The molecular formula is C24H22ClN3O3S. The number of fused-ring (bicyclic) bond motifs is 1. The molecule has 164 valence electrons. The van der Waals surface area contributed by atoms with Gasteiger partial charge in [0.1, 0.15) is 11.5 Å².